The van der Waals surface area contributed by atoms with Crippen molar-refractivity contribution in [2.24, 2.45) is 0 Å². The van der Waals surface area contributed by atoms with Crippen LogP contribution >= 0.6 is 11.3 Å². The van der Waals surface area contributed by atoms with Gasteiger partial charge in [0, 0.05) is 17.8 Å². The molecule has 0 aliphatic carbocycles. The number of rotatable bonds is 0. The van der Waals surface area contributed by atoms with E-state index in [1.807, 2.05) is 11.4 Å². The molecule has 0 radical (unpaired) electrons. The zero-order chi connectivity index (χ0) is 6.10. The van der Waals surface area contributed by atoms with Gasteiger partial charge in [0.2, 0.25) is 0 Å². The zero-order valence-electron chi connectivity index (χ0n) is 4.61. The molecule has 2 nitrogen and oxygen atoms in total. The van der Waals surface area contributed by atoms with Gasteiger partial charge in [-0.3, -0.25) is 0 Å². The Bertz CT molecular complexity index is 251. The van der Waals surface area contributed by atoms with E-state index in [2.05, 4.69) is 9.97 Å². The fourth-order valence-electron chi connectivity index (χ4n) is 0.707. The van der Waals surface area contributed by atoms with Gasteiger partial charge < -0.3 is 0 Å². The van der Waals surface area contributed by atoms with Crippen LogP contribution < -0.4 is 0 Å². The monoisotopic (exact) mass is 136 g/mol. The summed E-state index contributed by atoms with van der Waals surface area (Å²) in [5.41, 5.74) is 0. The normalized spacial score (nSPS) is 10.2. The van der Waals surface area contributed by atoms with Crippen LogP contribution in [0.25, 0.3) is 10.7 Å². The van der Waals surface area contributed by atoms with E-state index in [1.165, 1.54) is 0 Å². The van der Waals surface area contributed by atoms with Gasteiger partial charge in [0.15, 0.2) is 5.82 Å². The van der Waals surface area contributed by atoms with E-state index in [0.29, 0.717) is 0 Å². The maximum atomic E-state index is 4.04. The minimum Gasteiger partial charge on any atom is -0.236 e. The van der Waals surface area contributed by atoms with Crippen LogP contribution in [0, 0.1) is 0 Å². The predicted molar refractivity (Wildman–Crippen MR) is 36.5 cm³/mol. The van der Waals surface area contributed by atoms with Crippen LogP contribution in [-0.4, -0.2) is 9.97 Å². The summed E-state index contributed by atoms with van der Waals surface area (Å²) in [5.74, 6) is 0.850. The Labute approximate surface area is 56.5 Å². The van der Waals surface area contributed by atoms with Gasteiger partial charge in [-0.15, -0.1) is 11.3 Å². The fraction of sp³-hybridized carbons (Fsp3) is 0. The molecule has 0 saturated heterocycles. The lowest BCUT2D eigenvalue weighted by atomic mass is 10.5. The lowest BCUT2D eigenvalue weighted by Gasteiger charge is -1.88. The van der Waals surface area contributed by atoms with Gasteiger partial charge in [0.1, 0.15) is 0 Å². The number of aromatic nitrogens is 2. The molecule has 0 spiro atoms. The van der Waals surface area contributed by atoms with Gasteiger partial charge in [0.05, 0.1) is 4.88 Å². The third-order valence-electron chi connectivity index (χ3n) is 1.10. The van der Waals surface area contributed by atoms with Crippen LogP contribution in [-0.2, 0) is 0 Å². The summed E-state index contributed by atoms with van der Waals surface area (Å²) in [4.78, 5) is 9.21. The Morgan fingerprint density at radius 1 is 1.22 bits per heavy atom. The van der Waals surface area contributed by atoms with E-state index < -0.39 is 0 Å². The molecule has 0 bridgehead atoms. The minimum absolute atomic E-state index is 0.850. The van der Waals surface area contributed by atoms with Crippen LogP contribution in [0.15, 0.2) is 23.8 Å². The first kappa shape index (κ1) is 4.88. The SMILES string of the molecule is c1csc2ccnc-2n1. The Hall–Kier alpha value is -0.960. The molecular formula is C6H4N2S. The second kappa shape index (κ2) is 1.77. The Morgan fingerprint density at radius 2 is 2.11 bits per heavy atom. The first-order valence-electron chi connectivity index (χ1n) is 2.61. The van der Waals surface area contributed by atoms with E-state index in [4.69, 9.17) is 0 Å². The largest absolute Gasteiger partial charge is 0.236 e. The lowest BCUT2D eigenvalue weighted by Crippen LogP contribution is -1.75. The van der Waals surface area contributed by atoms with Crippen LogP contribution in [0.4, 0.5) is 0 Å². The van der Waals surface area contributed by atoms with Crippen molar-refractivity contribution < 1.29 is 0 Å². The molecule has 0 atom stereocenters. The molecule has 0 amide bonds. The molecule has 0 unspecified atom stereocenters. The van der Waals surface area contributed by atoms with Crippen molar-refractivity contribution in [1.29, 1.82) is 0 Å². The van der Waals surface area contributed by atoms with Gasteiger partial charge in [-0.25, -0.2) is 9.97 Å². The second-order valence-electron chi connectivity index (χ2n) is 1.66. The highest BCUT2D eigenvalue weighted by molar-refractivity contribution is 7.13. The van der Waals surface area contributed by atoms with Crippen LogP contribution in [0.2, 0.25) is 0 Å². The smallest absolute Gasteiger partial charge is 0.169 e. The minimum atomic E-state index is 0.850. The van der Waals surface area contributed by atoms with Crippen molar-refractivity contribution in [2.75, 3.05) is 0 Å². The molecule has 3 heteroatoms. The van der Waals surface area contributed by atoms with E-state index in [1.54, 1.807) is 23.7 Å². The van der Waals surface area contributed by atoms with Crippen LogP contribution in [0.3, 0.4) is 0 Å². The van der Waals surface area contributed by atoms with Crippen molar-refractivity contribution in [2.45, 2.75) is 0 Å². The van der Waals surface area contributed by atoms with Gasteiger partial charge in [-0.05, 0) is 6.07 Å². The summed E-state index contributed by atoms with van der Waals surface area (Å²) in [6.07, 6.45) is 3.54. The molecule has 2 aliphatic heterocycles. The third kappa shape index (κ3) is 0.695. The summed E-state index contributed by atoms with van der Waals surface area (Å²) in [6.45, 7) is 0. The summed E-state index contributed by atoms with van der Waals surface area (Å²) >= 11 is 1.66. The summed E-state index contributed by atoms with van der Waals surface area (Å²) in [5, 5.41) is 1.95. The van der Waals surface area contributed by atoms with Crippen molar-refractivity contribution in [3.8, 4) is 10.7 Å². The molecule has 0 aromatic rings. The van der Waals surface area contributed by atoms with Crippen molar-refractivity contribution >= 4 is 11.3 Å². The standard InChI is InChI=1S/C6H4N2S/c1-2-7-6-5(1)9-4-3-8-6/h1-4H. The molecule has 2 aliphatic rings. The highest BCUT2D eigenvalue weighted by atomic mass is 32.1. The van der Waals surface area contributed by atoms with Crippen LogP contribution in [0.5, 0.6) is 0 Å². The first-order valence-corrected chi connectivity index (χ1v) is 3.49. The molecule has 0 saturated carbocycles. The predicted octanol–water partition coefficient (Wildman–Crippen LogP) is 1.64. The lowest BCUT2D eigenvalue weighted by molar-refractivity contribution is 1.25. The molecule has 9 heavy (non-hydrogen) atoms. The molecule has 44 valence electrons. The average molecular weight is 136 g/mol. The van der Waals surface area contributed by atoms with E-state index >= 15 is 0 Å². The Kier molecular flexibility index (Phi) is 0.960. The molecule has 0 fully saturated rings. The molecule has 2 rings (SSSR count). The molecular weight excluding hydrogens is 132 g/mol. The Morgan fingerprint density at radius 3 is 3.00 bits per heavy atom. The molecule has 2 heterocycles. The van der Waals surface area contributed by atoms with E-state index in [0.717, 1.165) is 10.7 Å². The van der Waals surface area contributed by atoms with Gasteiger partial charge in [-0.1, -0.05) is 0 Å². The van der Waals surface area contributed by atoms with Gasteiger partial charge in [0.25, 0.3) is 0 Å². The number of fused-ring (bicyclic) bond motifs is 1. The maximum absolute atomic E-state index is 4.04. The van der Waals surface area contributed by atoms with Gasteiger partial charge in [-0.2, -0.15) is 0 Å². The topological polar surface area (TPSA) is 25.8 Å². The van der Waals surface area contributed by atoms with E-state index in [9.17, 15) is 0 Å². The maximum Gasteiger partial charge on any atom is 0.169 e. The summed E-state index contributed by atoms with van der Waals surface area (Å²) in [6, 6.07) is 1.97. The van der Waals surface area contributed by atoms with E-state index in [-0.39, 0.29) is 0 Å². The molecule has 0 aromatic heterocycles. The van der Waals surface area contributed by atoms with Gasteiger partial charge >= 0.3 is 0 Å². The number of hydrogen-bond acceptors (Lipinski definition) is 3. The third-order valence-corrected chi connectivity index (χ3v) is 1.93. The molecule has 0 aromatic carbocycles. The van der Waals surface area contributed by atoms with Crippen molar-refractivity contribution in [3.63, 3.8) is 0 Å². The van der Waals surface area contributed by atoms with Crippen molar-refractivity contribution in [3.05, 3.63) is 23.8 Å². The molecule has 0 N–H and O–H groups in total. The zero-order valence-corrected chi connectivity index (χ0v) is 5.43. The van der Waals surface area contributed by atoms with Crippen molar-refractivity contribution in [1.82, 2.24) is 9.97 Å². The fourth-order valence-corrected chi connectivity index (χ4v) is 1.33. The highest BCUT2D eigenvalue weighted by Gasteiger charge is 2.00. The quantitative estimate of drug-likeness (QED) is 0.550. The summed E-state index contributed by atoms with van der Waals surface area (Å²) < 4.78 is 0. The second-order valence-corrected chi connectivity index (χ2v) is 2.61. The summed E-state index contributed by atoms with van der Waals surface area (Å²) in [7, 11) is 0. The highest BCUT2D eigenvalue weighted by Crippen LogP contribution is 2.20. The first-order chi connectivity index (χ1) is 4.47. The number of hydrogen-bond donors (Lipinski definition) is 0. The average Bonchev–Trinajstić information content (AvgIpc) is 2.33. The number of nitrogens with zero attached hydrogens (tertiary/aromatic N) is 2. The van der Waals surface area contributed by atoms with Crippen LogP contribution in [0.1, 0.15) is 0 Å². The Balaban J connectivity index is 2.79.